The molecule has 0 N–H and O–H groups in total. The summed E-state index contributed by atoms with van der Waals surface area (Å²) in [5.74, 6) is 0. The van der Waals surface area contributed by atoms with Gasteiger partial charge in [0.1, 0.15) is 7.67 Å². The lowest BCUT2D eigenvalue weighted by molar-refractivity contribution is 0.660. The molecule has 1 heterocycles. The van der Waals surface area contributed by atoms with Crippen LogP contribution in [0, 0.1) is 0 Å². The van der Waals surface area contributed by atoms with Crippen LogP contribution in [0.4, 0.5) is 0 Å². The van der Waals surface area contributed by atoms with E-state index in [9.17, 15) is 0 Å². The molecule has 0 aliphatic carbocycles. The molecular weight excluding hydrogens is 148 g/mol. The first-order valence-electron chi connectivity index (χ1n) is 5.11. The van der Waals surface area contributed by atoms with Gasteiger partial charge in [0.2, 0.25) is 0 Å². The Morgan fingerprint density at radius 1 is 1.42 bits per heavy atom. The molecule has 0 aliphatic heterocycles. The Morgan fingerprint density at radius 3 is 3.08 bits per heavy atom. The second-order valence-corrected chi connectivity index (χ2v) is 2.96. The molecular formula is C10H16N2. The van der Waals surface area contributed by atoms with Gasteiger partial charge in [-0.15, -0.1) is 0 Å². The summed E-state index contributed by atoms with van der Waals surface area (Å²) in [6, 6.07) is 1.89. The highest BCUT2D eigenvalue weighted by molar-refractivity contribution is 4.97. The van der Waals surface area contributed by atoms with Gasteiger partial charge in [-0.25, -0.2) is 9.97 Å². The summed E-state index contributed by atoms with van der Waals surface area (Å²) < 4.78 is 7.23. The average Bonchev–Trinajstić information content (AvgIpc) is 2.13. The number of rotatable bonds is 5. The van der Waals surface area contributed by atoms with Gasteiger partial charge in [-0.1, -0.05) is 26.2 Å². The van der Waals surface area contributed by atoms with Gasteiger partial charge in [-0.05, 0) is 18.9 Å². The Labute approximate surface area is 75.5 Å². The maximum Gasteiger partial charge on any atom is 0.115 e. The van der Waals surface area contributed by atoms with Gasteiger partial charge in [0, 0.05) is 11.9 Å². The summed E-state index contributed by atoms with van der Waals surface area (Å²) >= 11 is 0. The van der Waals surface area contributed by atoms with E-state index in [0.29, 0.717) is 0 Å². The predicted molar refractivity (Wildman–Crippen MR) is 49.9 cm³/mol. The molecule has 0 amide bonds. The van der Waals surface area contributed by atoms with E-state index < -0.39 is 0 Å². The van der Waals surface area contributed by atoms with E-state index in [4.69, 9.17) is 1.37 Å². The largest absolute Gasteiger partial charge is 0.245 e. The smallest absolute Gasteiger partial charge is 0.115 e. The van der Waals surface area contributed by atoms with Gasteiger partial charge in [0.05, 0.1) is 0 Å². The molecule has 2 heteroatoms. The van der Waals surface area contributed by atoms with Crippen LogP contribution in [-0.4, -0.2) is 9.97 Å². The molecule has 66 valence electrons. The maximum atomic E-state index is 7.23. The van der Waals surface area contributed by atoms with Crippen molar-refractivity contribution in [1.29, 1.82) is 0 Å². The fourth-order valence-electron chi connectivity index (χ4n) is 1.16. The molecule has 0 aliphatic rings. The van der Waals surface area contributed by atoms with Crippen LogP contribution in [0.2, 0.25) is 0 Å². The summed E-state index contributed by atoms with van der Waals surface area (Å²) in [7, 11) is 0. The van der Waals surface area contributed by atoms with Gasteiger partial charge in [-0.2, -0.15) is 0 Å². The van der Waals surface area contributed by atoms with Crippen LogP contribution in [0.1, 0.15) is 39.7 Å². The predicted octanol–water partition coefficient (Wildman–Crippen LogP) is 2.60. The van der Waals surface area contributed by atoms with Crippen molar-refractivity contribution in [1.82, 2.24) is 9.97 Å². The minimum atomic E-state index is 0.132. The lowest BCUT2D eigenvalue weighted by Gasteiger charge is -1.98. The van der Waals surface area contributed by atoms with Crippen LogP contribution in [0.3, 0.4) is 0 Å². The Kier molecular flexibility index (Phi) is 3.66. The summed E-state index contributed by atoms with van der Waals surface area (Å²) in [4.78, 5) is 7.77. The van der Waals surface area contributed by atoms with Crippen molar-refractivity contribution in [2.75, 3.05) is 0 Å². The third-order valence-corrected chi connectivity index (χ3v) is 1.88. The van der Waals surface area contributed by atoms with Crippen LogP contribution in [0.15, 0.2) is 18.6 Å². The molecule has 2 nitrogen and oxygen atoms in total. The molecule has 1 aromatic heterocycles. The minimum absolute atomic E-state index is 0.132. The summed E-state index contributed by atoms with van der Waals surface area (Å²) in [5, 5.41) is 0. The molecule has 0 bridgehead atoms. The van der Waals surface area contributed by atoms with E-state index in [-0.39, 0.29) is 6.30 Å². The number of hydrogen-bond donors (Lipinski definition) is 0. The van der Waals surface area contributed by atoms with Crippen LogP contribution in [0.5, 0.6) is 0 Å². The van der Waals surface area contributed by atoms with E-state index in [1.807, 2.05) is 6.07 Å². The van der Waals surface area contributed by atoms with Crippen molar-refractivity contribution in [3.05, 3.63) is 24.3 Å². The van der Waals surface area contributed by atoms with Gasteiger partial charge in [0.15, 0.2) is 0 Å². The Bertz CT molecular complexity index is 250. The first-order valence-corrected chi connectivity index (χ1v) is 4.61. The van der Waals surface area contributed by atoms with Crippen molar-refractivity contribution >= 4 is 0 Å². The number of unbranched alkanes of at least 4 members (excludes halogenated alkanes) is 3. The fraction of sp³-hybridized carbons (Fsp3) is 0.600. The molecule has 0 radical (unpaired) electrons. The Balaban J connectivity index is 2.28. The third-order valence-electron chi connectivity index (χ3n) is 1.88. The Morgan fingerprint density at radius 2 is 2.33 bits per heavy atom. The number of hydrogen-bond acceptors (Lipinski definition) is 2. The molecule has 1 aromatic rings. The summed E-state index contributed by atoms with van der Waals surface area (Å²) in [6.45, 7) is 2.20. The highest BCUT2D eigenvalue weighted by Gasteiger charge is 1.92. The van der Waals surface area contributed by atoms with Gasteiger partial charge in [-0.3, -0.25) is 0 Å². The van der Waals surface area contributed by atoms with Crippen molar-refractivity contribution < 1.29 is 1.37 Å². The zero-order valence-electron chi connectivity index (χ0n) is 8.58. The molecule has 12 heavy (non-hydrogen) atoms. The van der Waals surface area contributed by atoms with E-state index in [1.54, 1.807) is 6.20 Å². The highest BCUT2D eigenvalue weighted by atomic mass is 14.8. The van der Waals surface area contributed by atoms with Crippen LogP contribution in [0.25, 0.3) is 0 Å². The quantitative estimate of drug-likeness (QED) is 0.627. The molecule has 0 fully saturated rings. The lowest BCUT2D eigenvalue weighted by atomic mass is 10.1. The van der Waals surface area contributed by atoms with Gasteiger partial charge in [0.25, 0.3) is 0 Å². The van der Waals surface area contributed by atoms with Crippen molar-refractivity contribution in [2.45, 2.75) is 39.0 Å². The average molecular weight is 165 g/mol. The number of aryl methyl sites for hydroxylation is 1. The van der Waals surface area contributed by atoms with Gasteiger partial charge < -0.3 is 0 Å². The summed E-state index contributed by atoms with van der Waals surface area (Å²) in [5.41, 5.74) is 0.996. The van der Waals surface area contributed by atoms with E-state index in [0.717, 1.165) is 12.1 Å². The molecule has 0 saturated heterocycles. The monoisotopic (exact) mass is 165 g/mol. The molecule has 0 aromatic carbocycles. The minimum Gasteiger partial charge on any atom is -0.245 e. The lowest BCUT2D eigenvalue weighted by Crippen LogP contribution is -1.89. The molecule has 0 unspecified atom stereocenters. The third kappa shape index (κ3) is 3.46. The maximum absolute atomic E-state index is 7.23. The van der Waals surface area contributed by atoms with Crippen molar-refractivity contribution in [3.8, 4) is 0 Å². The van der Waals surface area contributed by atoms with E-state index in [1.165, 1.54) is 25.7 Å². The Hall–Kier alpha value is -0.920. The first kappa shape index (κ1) is 7.71. The molecule has 0 atom stereocenters. The normalized spacial score (nSPS) is 11.2. The van der Waals surface area contributed by atoms with Crippen LogP contribution in [-0.2, 0) is 6.42 Å². The van der Waals surface area contributed by atoms with Crippen LogP contribution < -0.4 is 0 Å². The zero-order chi connectivity index (χ0) is 9.52. The molecule has 0 saturated carbocycles. The SMILES string of the molecule is [2H]c1nccc(CCCCCC)n1. The van der Waals surface area contributed by atoms with E-state index >= 15 is 0 Å². The van der Waals surface area contributed by atoms with Crippen molar-refractivity contribution in [3.63, 3.8) is 0 Å². The van der Waals surface area contributed by atoms with E-state index in [2.05, 4.69) is 16.9 Å². The molecule has 0 spiro atoms. The number of aromatic nitrogens is 2. The number of nitrogens with zero attached hydrogens (tertiary/aromatic N) is 2. The fourth-order valence-corrected chi connectivity index (χ4v) is 1.16. The second-order valence-electron chi connectivity index (χ2n) is 2.96. The van der Waals surface area contributed by atoms with Gasteiger partial charge >= 0.3 is 0 Å². The first-order chi connectivity index (χ1) is 6.33. The van der Waals surface area contributed by atoms with Crippen molar-refractivity contribution in [2.24, 2.45) is 0 Å². The van der Waals surface area contributed by atoms with Crippen LogP contribution >= 0.6 is 0 Å². The standard InChI is InChI=1S/C10H16N2/c1-2-3-4-5-6-10-7-8-11-9-12-10/h7-9H,2-6H2,1H3/i9D. The zero-order valence-corrected chi connectivity index (χ0v) is 7.58. The molecule has 1 rings (SSSR count). The topological polar surface area (TPSA) is 25.8 Å². The second kappa shape index (κ2) is 5.70. The summed E-state index contributed by atoms with van der Waals surface area (Å²) in [6.07, 6.45) is 7.75. The highest BCUT2D eigenvalue weighted by Crippen LogP contribution is 2.03.